The van der Waals surface area contributed by atoms with Crippen LogP contribution in [-0.4, -0.2) is 42.6 Å². The number of carbonyl (C=O) groups is 1. The Morgan fingerprint density at radius 1 is 1.10 bits per heavy atom. The van der Waals surface area contributed by atoms with Crippen molar-refractivity contribution in [3.63, 3.8) is 0 Å². The van der Waals surface area contributed by atoms with Crippen molar-refractivity contribution in [1.29, 1.82) is 0 Å². The molecule has 0 fully saturated rings. The van der Waals surface area contributed by atoms with Gasteiger partial charge in [-0.3, -0.25) is 9.10 Å². The summed E-state index contributed by atoms with van der Waals surface area (Å²) in [6, 6.07) is 10.6. The highest BCUT2D eigenvalue weighted by Gasteiger charge is 2.17. The highest BCUT2D eigenvalue weighted by molar-refractivity contribution is 7.92. The van der Waals surface area contributed by atoms with E-state index in [1.165, 1.54) is 13.1 Å². The van der Waals surface area contributed by atoms with Crippen LogP contribution < -0.4 is 25.5 Å². The first-order valence-electron chi connectivity index (χ1n) is 9.26. The maximum atomic E-state index is 11.9. The minimum absolute atomic E-state index is 0.272. The second-order valence-electron chi connectivity index (χ2n) is 6.83. The minimum Gasteiger partial charge on any atom is -0.366 e. The number of hydrogen-bond donors (Lipinski definition) is 2. The van der Waals surface area contributed by atoms with E-state index in [1.807, 2.05) is 0 Å². The molecule has 2 N–H and O–H groups in total. The summed E-state index contributed by atoms with van der Waals surface area (Å²) in [7, 11) is -1.97. The number of fused-ring (bicyclic) bond motifs is 1. The van der Waals surface area contributed by atoms with Gasteiger partial charge in [0.25, 0.3) is 5.91 Å². The molecule has 0 saturated heterocycles. The number of anilines is 4. The maximum Gasteiger partial charge on any atom is 0.270 e. The Morgan fingerprint density at radius 2 is 1.94 bits per heavy atom. The average molecular weight is 437 g/mol. The van der Waals surface area contributed by atoms with E-state index in [1.54, 1.807) is 48.8 Å². The van der Waals surface area contributed by atoms with Crippen LogP contribution in [0.5, 0.6) is 0 Å². The van der Waals surface area contributed by atoms with Gasteiger partial charge in [-0.25, -0.2) is 23.4 Å². The smallest absolute Gasteiger partial charge is 0.270 e. The minimum atomic E-state index is -3.43. The number of carbonyl (C=O) groups excluding carboxylic acids is 1. The van der Waals surface area contributed by atoms with E-state index in [4.69, 9.17) is 0 Å². The van der Waals surface area contributed by atoms with E-state index >= 15 is 0 Å². The first-order valence-corrected chi connectivity index (χ1v) is 11.1. The fourth-order valence-electron chi connectivity index (χ4n) is 2.97. The summed E-state index contributed by atoms with van der Waals surface area (Å²) in [5.41, 5.74) is 1.42. The summed E-state index contributed by atoms with van der Waals surface area (Å²) in [5, 5.41) is 7.64. The van der Waals surface area contributed by atoms with Gasteiger partial charge in [-0.05, 0) is 30.3 Å². The van der Waals surface area contributed by atoms with E-state index in [2.05, 4.69) is 30.6 Å². The zero-order chi connectivity index (χ0) is 22.0. The van der Waals surface area contributed by atoms with E-state index in [-0.39, 0.29) is 5.91 Å². The molecule has 3 heterocycles. The lowest BCUT2D eigenvalue weighted by Crippen LogP contribution is -2.27. The molecule has 0 bridgehead atoms. The van der Waals surface area contributed by atoms with Gasteiger partial charge in [0.1, 0.15) is 11.6 Å². The zero-order valence-electron chi connectivity index (χ0n) is 16.8. The van der Waals surface area contributed by atoms with Gasteiger partial charge >= 0.3 is 0 Å². The Hall–Kier alpha value is -3.86. The number of nitrogens with zero attached hydrogens (tertiary/aromatic N) is 5. The summed E-state index contributed by atoms with van der Waals surface area (Å²) in [6.07, 6.45) is 5.74. The fraction of sp³-hybridized carbons (Fsp3) is 0.150. The maximum absolute atomic E-state index is 11.9. The van der Waals surface area contributed by atoms with Crippen molar-refractivity contribution in [3.05, 3.63) is 64.9 Å². The normalized spacial score (nSPS) is 12.5. The van der Waals surface area contributed by atoms with Crippen molar-refractivity contribution >= 4 is 45.3 Å². The number of benzene rings is 1. The molecule has 1 aliphatic heterocycles. The van der Waals surface area contributed by atoms with Crippen LogP contribution in [0.25, 0.3) is 6.08 Å². The van der Waals surface area contributed by atoms with E-state index in [0.717, 1.165) is 21.5 Å². The van der Waals surface area contributed by atoms with Crippen molar-refractivity contribution < 1.29 is 13.2 Å². The summed E-state index contributed by atoms with van der Waals surface area (Å²) in [6.45, 7) is 0.316. The summed E-state index contributed by atoms with van der Waals surface area (Å²) >= 11 is 0. The average Bonchev–Trinajstić information content (AvgIpc) is 3.11. The van der Waals surface area contributed by atoms with Gasteiger partial charge in [0.15, 0.2) is 0 Å². The van der Waals surface area contributed by atoms with Crippen LogP contribution in [0.4, 0.5) is 23.3 Å². The third-order valence-corrected chi connectivity index (χ3v) is 5.74. The standard InChI is InChI=1S/C20H19N7O3S/c1-27(31(2,29)30)19-13(4-3-8-21-19)12-23-17-7-9-22-20(26-17)24-15-5-6-16-14(10-15)11-18(28)25-16/h3-11H,12H2,1-2H3,(H2,22,23,24,26). The molecule has 0 radical (unpaired) electrons. The molecule has 10 nitrogen and oxygen atoms in total. The molecule has 4 rings (SSSR count). The van der Waals surface area contributed by atoms with Gasteiger partial charge in [0.2, 0.25) is 16.0 Å². The lowest BCUT2D eigenvalue weighted by atomic mass is 10.2. The Kier molecular flexibility index (Phi) is 5.34. The van der Waals surface area contributed by atoms with Gasteiger partial charge in [0.05, 0.1) is 11.6 Å². The highest BCUT2D eigenvalue weighted by atomic mass is 32.2. The molecule has 0 spiro atoms. The van der Waals surface area contributed by atoms with Crippen LogP contribution in [-0.2, 0) is 21.4 Å². The van der Waals surface area contributed by atoms with E-state index in [0.29, 0.717) is 35.0 Å². The van der Waals surface area contributed by atoms with Crippen LogP contribution >= 0.6 is 0 Å². The van der Waals surface area contributed by atoms with Crippen molar-refractivity contribution in [3.8, 4) is 0 Å². The zero-order valence-corrected chi connectivity index (χ0v) is 17.6. The number of pyridine rings is 1. The third-order valence-electron chi connectivity index (χ3n) is 4.57. The molecule has 31 heavy (non-hydrogen) atoms. The Bertz CT molecular complexity index is 1390. The first-order chi connectivity index (χ1) is 14.8. The lowest BCUT2D eigenvalue weighted by molar-refractivity contribution is -0.112. The SMILES string of the molecule is CN(c1ncccc1CNc1ccnc(Nc2ccc3c(c2)=CC(=O)N=3)n1)S(C)(=O)=O. The molecule has 0 unspecified atom stereocenters. The summed E-state index contributed by atoms with van der Waals surface area (Å²) in [4.78, 5) is 28.1. The molecule has 1 amide bonds. The van der Waals surface area contributed by atoms with Crippen molar-refractivity contribution in [2.75, 3.05) is 28.2 Å². The van der Waals surface area contributed by atoms with E-state index < -0.39 is 10.0 Å². The number of sulfonamides is 1. The fourth-order valence-corrected chi connectivity index (χ4v) is 3.45. The third kappa shape index (κ3) is 4.67. The molecular weight excluding hydrogens is 418 g/mol. The molecule has 1 aliphatic rings. The monoisotopic (exact) mass is 437 g/mol. The first kappa shape index (κ1) is 20.4. The summed E-state index contributed by atoms with van der Waals surface area (Å²) in [5.74, 6) is 0.989. The molecule has 0 saturated carbocycles. The summed E-state index contributed by atoms with van der Waals surface area (Å²) < 4.78 is 24.9. The number of amides is 1. The molecule has 0 atom stereocenters. The lowest BCUT2D eigenvalue weighted by Gasteiger charge is -2.19. The largest absolute Gasteiger partial charge is 0.366 e. The number of aromatic nitrogens is 3. The Labute approximate surface area is 178 Å². The molecule has 1 aromatic carbocycles. The predicted molar refractivity (Wildman–Crippen MR) is 117 cm³/mol. The number of hydrogen-bond acceptors (Lipinski definition) is 8. The molecule has 11 heteroatoms. The van der Waals surface area contributed by atoms with Gasteiger partial charge in [-0.1, -0.05) is 6.07 Å². The second kappa shape index (κ2) is 8.11. The molecule has 3 aromatic rings. The molecule has 2 aromatic heterocycles. The van der Waals surface area contributed by atoms with Crippen molar-refractivity contribution in [2.45, 2.75) is 6.54 Å². The quantitative estimate of drug-likeness (QED) is 0.549. The van der Waals surface area contributed by atoms with Gasteiger partial charge < -0.3 is 10.6 Å². The van der Waals surface area contributed by atoms with Crippen LogP contribution in [0, 0.1) is 0 Å². The molecular formula is C20H19N7O3S. The predicted octanol–water partition coefficient (Wildman–Crippen LogP) is 0.563. The van der Waals surface area contributed by atoms with Crippen LogP contribution in [0.1, 0.15) is 5.56 Å². The second-order valence-corrected chi connectivity index (χ2v) is 8.84. The van der Waals surface area contributed by atoms with E-state index in [9.17, 15) is 13.2 Å². The van der Waals surface area contributed by atoms with Gasteiger partial charge in [0, 0.05) is 48.5 Å². The Balaban J connectivity index is 1.50. The number of rotatable bonds is 7. The highest BCUT2D eigenvalue weighted by Crippen LogP contribution is 2.20. The molecule has 0 aliphatic carbocycles. The molecule has 158 valence electrons. The Morgan fingerprint density at radius 3 is 2.74 bits per heavy atom. The van der Waals surface area contributed by atoms with Crippen molar-refractivity contribution in [1.82, 2.24) is 15.0 Å². The van der Waals surface area contributed by atoms with Crippen LogP contribution in [0.3, 0.4) is 0 Å². The van der Waals surface area contributed by atoms with Gasteiger partial charge in [-0.2, -0.15) is 4.98 Å². The number of nitrogens with one attached hydrogen (secondary N) is 2. The topological polar surface area (TPSA) is 130 Å². The van der Waals surface area contributed by atoms with Crippen LogP contribution in [0.2, 0.25) is 0 Å². The van der Waals surface area contributed by atoms with Crippen molar-refractivity contribution in [2.24, 2.45) is 4.99 Å². The van der Waals surface area contributed by atoms with Crippen LogP contribution in [0.15, 0.2) is 53.8 Å². The van der Waals surface area contributed by atoms with Gasteiger partial charge in [-0.15, -0.1) is 0 Å².